The average Bonchev–Trinajstić information content (AvgIpc) is 1.59. The summed E-state index contributed by atoms with van der Waals surface area (Å²) in [6, 6.07) is 0. The van der Waals surface area contributed by atoms with E-state index in [9.17, 15) is 13.6 Å². The van der Waals surface area contributed by atoms with Crippen molar-refractivity contribution in [3.05, 3.63) is 0 Å². The molecule has 0 unspecified atom stereocenters. The zero-order valence-corrected chi connectivity index (χ0v) is 5.41. The Balaban J connectivity index is 3.39. The van der Waals surface area contributed by atoms with Crippen molar-refractivity contribution in [3.63, 3.8) is 0 Å². The lowest BCUT2D eigenvalue weighted by molar-refractivity contribution is -0.0336. The Bertz CT molecular complexity index is 110. The number of hydrogen-bond donors (Lipinski definition) is 0. The molecule has 0 atom stereocenters. The summed E-state index contributed by atoms with van der Waals surface area (Å²) in [5, 5.41) is 0. The van der Waals surface area contributed by atoms with Crippen molar-refractivity contribution in [2.75, 3.05) is 6.61 Å². The third kappa shape index (κ3) is 7.62. The molecule has 5 heteroatoms. The summed E-state index contributed by atoms with van der Waals surface area (Å²) in [6.07, 6.45) is 0. The number of alkyl halides is 2. The lowest BCUT2D eigenvalue weighted by Gasteiger charge is -2.07. The highest BCUT2D eigenvalue weighted by Gasteiger charge is 2.22. The molecule has 0 heterocycles. The normalized spacial score (nSPS) is 11.1. The number of rotatable bonds is 2. The van der Waals surface area contributed by atoms with Gasteiger partial charge in [0.05, 0.1) is 0 Å². The van der Waals surface area contributed by atoms with Gasteiger partial charge in [0, 0.05) is 18.5 Å². The SMILES string of the molecule is CC(F)(F)COC(=O)Cl. The molecule has 0 fully saturated rings. The Morgan fingerprint density at radius 3 is 2.33 bits per heavy atom. The number of halogens is 3. The molecule has 0 bridgehead atoms. The first kappa shape index (κ1) is 8.62. The van der Waals surface area contributed by atoms with E-state index in [1.807, 2.05) is 0 Å². The van der Waals surface area contributed by atoms with E-state index in [4.69, 9.17) is 0 Å². The second-order valence-electron chi connectivity index (χ2n) is 1.60. The van der Waals surface area contributed by atoms with Crippen LogP contribution in [0.25, 0.3) is 0 Å². The quantitative estimate of drug-likeness (QED) is 0.575. The molecule has 0 aromatic rings. The highest BCUT2D eigenvalue weighted by Crippen LogP contribution is 2.11. The van der Waals surface area contributed by atoms with E-state index in [0.717, 1.165) is 0 Å². The minimum absolute atomic E-state index is 0.632. The fourth-order valence-corrected chi connectivity index (χ4v) is 0.238. The van der Waals surface area contributed by atoms with Crippen LogP contribution in [0.3, 0.4) is 0 Å². The van der Waals surface area contributed by atoms with Gasteiger partial charge in [0.2, 0.25) is 0 Å². The summed E-state index contributed by atoms with van der Waals surface area (Å²) in [4.78, 5) is 9.70. The van der Waals surface area contributed by atoms with Crippen molar-refractivity contribution in [2.24, 2.45) is 0 Å². The summed E-state index contributed by atoms with van der Waals surface area (Å²) in [6.45, 7) is -0.331. The fraction of sp³-hybridized carbons (Fsp3) is 0.750. The first-order chi connectivity index (χ1) is 3.92. The van der Waals surface area contributed by atoms with E-state index in [1.54, 1.807) is 0 Å². The maximum Gasteiger partial charge on any atom is 0.403 e. The number of hydrogen-bond acceptors (Lipinski definition) is 2. The predicted molar refractivity (Wildman–Crippen MR) is 27.8 cm³/mol. The van der Waals surface area contributed by atoms with Crippen LogP contribution in [0.15, 0.2) is 0 Å². The average molecular weight is 159 g/mol. The molecule has 0 radical (unpaired) electrons. The third-order valence-electron chi connectivity index (χ3n) is 0.439. The molecular formula is C4H5ClF2O2. The van der Waals surface area contributed by atoms with Crippen LogP contribution < -0.4 is 0 Å². The minimum atomic E-state index is -3.00. The molecule has 0 saturated heterocycles. The molecule has 0 aromatic carbocycles. The van der Waals surface area contributed by atoms with E-state index in [1.165, 1.54) is 0 Å². The highest BCUT2D eigenvalue weighted by atomic mass is 35.5. The largest absolute Gasteiger partial charge is 0.447 e. The maximum atomic E-state index is 11.7. The Morgan fingerprint density at radius 1 is 1.78 bits per heavy atom. The van der Waals surface area contributed by atoms with Crippen LogP contribution in [0, 0.1) is 0 Å². The van der Waals surface area contributed by atoms with Gasteiger partial charge in [0.1, 0.15) is 0 Å². The van der Waals surface area contributed by atoms with Crippen LogP contribution in [0.5, 0.6) is 0 Å². The summed E-state index contributed by atoms with van der Waals surface area (Å²) in [5.41, 5.74) is -1.21. The van der Waals surface area contributed by atoms with Crippen molar-refractivity contribution in [1.82, 2.24) is 0 Å². The van der Waals surface area contributed by atoms with E-state index < -0.39 is 18.0 Å². The maximum absolute atomic E-state index is 11.7. The summed E-state index contributed by atoms with van der Waals surface area (Å²) >= 11 is 4.59. The van der Waals surface area contributed by atoms with Gasteiger partial charge in [-0.05, 0) is 0 Å². The van der Waals surface area contributed by atoms with Crippen molar-refractivity contribution in [1.29, 1.82) is 0 Å². The molecule has 0 saturated carbocycles. The monoisotopic (exact) mass is 158 g/mol. The first-order valence-corrected chi connectivity index (χ1v) is 2.50. The topological polar surface area (TPSA) is 26.3 Å². The second-order valence-corrected chi connectivity index (χ2v) is 1.91. The van der Waals surface area contributed by atoms with Crippen LogP contribution in [0.2, 0.25) is 0 Å². The molecule has 0 aliphatic carbocycles. The first-order valence-electron chi connectivity index (χ1n) is 2.12. The molecule has 9 heavy (non-hydrogen) atoms. The molecule has 0 aliphatic rings. The Hall–Kier alpha value is -0.380. The summed E-state index contributed by atoms with van der Waals surface area (Å²) < 4.78 is 27.3. The zero-order chi connectivity index (χ0) is 7.49. The van der Waals surface area contributed by atoms with Gasteiger partial charge >= 0.3 is 5.43 Å². The molecule has 0 aromatic heterocycles. The third-order valence-corrected chi connectivity index (χ3v) is 0.548. The van der Waals surface area contributed by atoms with Crippen LogP contribution in [0.1, 0.15) is 6.92 Å². The van der Waals surface area contributed by atoms with Crippen LogP contribution in [-0.4, -0.2) is 18.0 Å². The van der Waals surface area contributed by atoms with E-state index in [-0.39, 0.29) is 0 Å². The van der Waals surface area contributed by atoms with E-state index in [0.29, 0.717) is 6.92 Å². The Morgan fingerprint density at radius 2 is 2.22 bits per heavy atom. The van der Waals surface area contributed by atoms with Gasteiger partial charge < -0.3 is 4.74 Å². The summed E-state index contributed by atoms with van der Waals surface area (Å²) in [7, 11) is 0. The van der Waals surface area contributed by atoms with Crippen LogP contribution >= 0.6 is 11.6 Å². The Labute approximate surface area is 55.7 Å². The Kier molecular flexibility index (Phi) is 2.84. The minimum Gasteiger partial charge on any atom is -0.447 e. The number of carbonyl (C=O) groups excluding carboxylic acids is 1. The van der Waals surface area contributed by atoms with Gasteiger partial charge in [0.15, 0.2) is 6.61 Å². The molecule has 0 amide bonds. The van der Waals surface area contributed by atoms with Gasteiger partial charge in [-0.15, -0.1) is 0 Å². The predicted octanol–water partition coefficient (Wildman–Crippen LogP) is 2.02. The van der Waals surface area contributed by atoms with Crippen LogP contribution in [-0.2, 0) is 4.74 Å². The summed E-state index contributed by atoms with van der Waals surface area (Å²) in [5.74, 6) is -3.00. The molecular weight excluding hydrogens is 153 g/mol. The molecule has 0 N–H and O–H groups in total. The van der Waals surface area contributed by atoms with Crippen molar-refractivity contribution in [2.45, 2.75) is 12.8 Å². The molecule has 0 aliphatic heterocycles. The fourth-order valence-electron chi connectivity index (χ4n) is 0.183. The van der Waals surface area contributed by atoms with Gasteiger partial charge in [-0.1, -0.05) is 0 Å². The van der Waals surface area contributed by atoms with Gasteiger partial charge in [0.25, 0.3) is 5.92 Å². The van der Waals surface area contributed by atoms with Gasteiger partial charge in [-0.3, -0.25) is 0 Å². The van der Waals surface area contributed by atoms with E-state index in [2.05, 4.69) is 16.3 Å². The van der Waals surface area contributed by atoms with Crippen molar-refractivity contribution < 1.29 is 18.3 Å². The lowest BCUT2D eigenvalue weighted by Crippen LogP contribution is -2.19. The lowest BCUT2D eigenvalue weighted by atomic mass is 10.4. The number of ether oxygens (including phenoxy) is 1. The molecule has 0 spiro atoms. The van der Waals surface area contributed by atoms with Crippen LogP contribution in [0.4, 0.5) is 13.6 Å². The number of carbonyl (C=O) groups is 1. The van der Waals surface area contributed by atoms with Gasteiger partial charge in [-0.25, -0.2) is 13.6 Å². The highest BCUT2D eigenvalue weighted by molar-refractivity contribution is 6.61. The molecule has 2 nitrogen and oxygen atoms in total. The van der Waals surface area contributed by atoms with Crippen molar-refractivity contribution in [3.8, 4) is 0 Å². The second kappa shape index (κ2) is 2.96. The molecule has 54 valence electrons. The van der Waals surface area contributed by atoms with E-state index >= 15 is 0 Å². The zero-order valence-electron chi connectivity index (χ0n) is 4.66. The smallest absolute Gasteiger partial charge is 0.403 e. The molecule has 0 rings (SSSR count). The van der Waals surface area contributed by atoms with Crippen molar-refractivity contribution >= 4 is 17.0 Å². The standard InChI is InChI=1S/C4H5ClF2O2/c1-4(6,7)2-9-3(5)8/h2H2,1H3. The van der Waals surface area contributed by atoms with Gasteiger partial charge in [-0.2, -0.15) is 0 Å².